The van der Waals surface area contributed by atoms with Crippen LogP contribution in [0.3, 0.4) is 0 Å². The highest BCUT2D eigenvalue weighted by Crippen LogP contribution is 2.25. The maximum Gasteiger partial charge on any atom is 0.123 e. The van der Waals surface area contributed by atoms with Crippen LogP contribution in [0.1, 0.15) is 17.2 Å². The van der Waals surface area contributed by atoms with E-state index in [2.05, 4.69) is 15.4 Å². The summed E-state index contributed by atoms with van der Waals surface area (Å²) in [6.07, 6.45) is 4.61. The molecule has 0 radical (unpaired) electrons. The molecule has 0 spiro atoms. The zero-order valence-corrected chi connectivity index (χ0v) is 8.97. The molecule has 0 bridgehead atoms. The number of nitrogen functional groups attached to an aromatic ring is 1. The van der Waals surface area contributed by atoms with Crippen molar-refractivity contribution >= 4 is 5.69 Å². The minimum absolute atomic E-state index is 0.369. The second-order valence-electron chi connectivity index (χ2n) is 3.54. The highest BCUT2D eigenvalue weighted by molar-refractivity contribution is 5.51. The molecule has 1 unspecified atom stereocenters. The minimum atomic E-state index is -0.438. The quantitative estimate of drug-likeness (QED) is 0.413. The van der Waals surface area contributed by atoms with Crippen LogP contribution in [0, 0.1) is 5.82 Å². The first-order chi connectivity index (χ1) is 8.22. The lowest BCUT2D eigenvalue weighted by molar-refractivity contribution is 0.604. The van der Waals surface area contributed by atoms with E-state index in [9.17, 15) is 4.39 Å². The molecule has 0 aliphatic rings. The molecule has 0 saturated heterocycles. The van der Waals surface area contributed by atoms with Crippen LogP contribution in [-0.4, -0.2) is 9.97 Å². The van der Waals surface area contributed by atoms with Crippen molar-refractivity contribution in [3.63, 3.8) is 0 Å². The predicted molar refractivity (Wildman–Crippen MR) is 62.0 cm³/mol. The summed E-state index contributed by atoms with van der Waals surface area (Å²) >= 11 is 0. The third-order valence-electron chi connectivity index (χ3n) is 2.44. The number of nitrogens with two attached hydrogens (primary N) is 2. The molecule has 0 aliphatic carbocycles. The van der Waals surface area contributed by atoms with Gasteiger partial charge in [-0.05, 0) is 18.2 Å². The largest absolute Gasteiger partial charge is 0.398 e. The van der Waals surface area contributed by atoms with E-state index in [-0.39, 0.29) is 5.82 Å². The van der Waals surface area contributed by atoms with E-state index in [1.807, 2.05) is 0 Å². The molecule has 0 fully saturated rings. The van der Waals surface area contributed by atoms with Gasteiger partial charge in [-0.25, -0.2) is 19.8 Å². The second kappa shape index (κ2) is 4.86. The monoisotopic (exact) mass is 233 g/mol. The lowest BCUT2D eigenvalue weighted by Gasteiger charge is -2.17. The lowest BCUT2D eigenvalue weighted by Crippen LogP contribution is -2.29. The molecule has 5 N–H and O–H groups in total. The molecule has 1 aromatic carbocycles. The van der Waals surface area contributed by atoms with Gasteiger partial charge in [-0.3, -0.25) is 5.84 Å². The molecule has 0 aliphatic heterocycles. The topological polar surface area (TPSA) is 89.8 Å². The summed E-state index contributed by atoms with van der Waals surface area (Å²) in [5.74, 6) is 5.10. The number of hydrogen-bond acceptors (Lipinski definition) is 5. The maximum absolute atomic E-state index is 13.2. The van der Waals surface area contributed by atoms with Gasteiger partial charge in [0.2, 0.25) is 0 Å². The SMILES string of the molecule is NNC(c1cncnc1)c1cc(F)ccc1N. The van der Waals surface area contributed by atoms with Crippen LogP contribution in [0.2, 0.25) is 0 Å². The molecule has 1 atom stereocenters. The summed E-state index contributed by atoms with van der Waals surface area (Å²) in [6, 6.07) is 3.70. The van der Waals surface area contributed by atoms with Crippen LogP contribution in [0.5, 0.6) is 0 Å². The maximum atomic E-state index is 13.2. The van der Waals surface area contributed by atoms with E-state index in [0.717, 1.165) is 0 Å². The van der Waals surface area contributed by atoms with Gasteiger partial charge >= 0.3 is 0 Å². The number of anilines is 1. The van der Waals surface area contributed by atoms with E-state index in [0.29, 0.717) is 16.8 Å². The molecule has 2 aromatic rings. The van der Waals surface area contributed by atoms with Gasteiger partial charge in [0.05, 0.1) is 6.04 Å². The predicted octanol–water partition coefficient (Wildman–Crippen LogP) is 0.751. The van der Waals surface area contributed by atoms with Crippen molar-refractivity contribution < 1.29 is 4.39 Å². The van der Waals surface area contributed by atoms with Gasteiger partial charge in [-0.15, -0.1) is 0 Å². The van der Waals surface area contributed by atoms with E-state index in [1.54, 1.807) is 12.4 Å². The molecule has 1 heterocycles. The van der Waals surface area contributed by atoms with Crippen molar-refractivity contribution in [2.24, 2.45) is 5.84 Å². The Hall–Kier alpha value is -2.05. The fourth-order valence-electron chi connectivity index (χ4n) is 1.62. The number of hydrazine groups is 1. The highest BCUT2D eigenvalue weighted by atomic mass is 19.1. The second-order valence-corrected chi connectivity index (χ2v) is 3.54. The highest BCUT2D eigenvalue weighted by Gasteiger charge is 2.16. The van der Waals surface area contributed by atoms with Crippen molar-refractivity contribution in [3.05, 3.63) is 53.9 Å². The number of hydrogen-bond donors (Lipinski definition) is 3. The molecule has 0 amide bonds. The van der Waals surface area contributed by atoms with E-state index in [4.69, 9.17) is 11.6 Å². The average Bonchev–Trinajstić information content (AvgIpc) is 2.36. The standard InChI is InChI=1S/C11H12FN5/c12-8-1-2-10(13)9(3-8)11(17-14)7-4-15-6-16-5-7/h1-6,11,17H,13-14H2. The number of nitrogens with zero attached hydrogens (tertiary/aromatic N) is 2. The third kappa shape index (κ3) is 2.38. The Morgan fingerprint density at radius 3 is 2.59 bits per heavy atom. The van der Waals surface area contributed by atoms with E-state index < -0.39 is 6.04 Å². The Balaban J connectivity index is 2.46. The Labute approximate surface area is 97.7 Å². The molecule has 5 nitrogen and oxygen atoms in total. The van der Waals surface area contributed by atoms with Crippen molar-refractivity contribution in [2.45, 2.75) is 6.04 Å². The normalized spacial score (nSPS) is 12.4. The van der Waals surface area contributed by atoms with Gasteiger partial charge in [0.25, 0.3) is 0 Å². The van der Waals surface area contributed by atoms with Gasteiger partial charge in [0, 0.05) is 29.2 Å². The number of benzene rings is 1. The number of nitrogens with one attached hydrogen (secondary N) is 1. The Morgan fingerprint density at radius 1 is 1.24 bits per heavy atom. The Morgan fingerprint density at radius 2 is 1.94 bits per heavy atom. The van der Waals surface area contributed by atoms with Gasteiger partial charge in [0.15, 0.2) is 0 Å². The van der Waals surface area contributed by atoms with Crippen molar-refractivity contribution in [1.29, 1.82) is 0 Å². The molecule has 6 heteroatoms. The van der Waals surface area contributed by atoms with Gasteiger partial charge < -0.3 is 5.73 Å². The number of aromatic nitrogens is 2. The summed E-state index contributed by atoms with van der Waals surface area (Å²) in [6.45, 7) is 0. The first kappa shape index (κ1) is 11.4. The Bertz CT molecular complexity index is 502. The average molecular weight is 233 g/mol. The van der Waals surface area contributed by atoms with Crippen molar-refractivity contribution in [3.8, 4) is 0 Å². The van der Waals surface area contributed by atoms with Crippen LogP contribution in [-0.2, 0) is 0 Å². The van der Waals surface area contributed by atoms with Crippen LogP contribution in [0.15, 0.2) is 36.9 Å². The molecular weight excluding hydrogens is 221 g/mol. The molecule has 88 valence electrons. The smallest absolute Gasteiger partial charge is 0.123 e. The van der Waals surface area contributed by atoms with E-state index in [1.165, 1.54) is 24.5 Å². The van der Waals surface area contributed by atoms with Gasteiger partial charge in [-0.1, -0.05) is 0 Å². The fraction of sp³-hybridized carbons (Fsp3) is 0.0909. The van der Waals surface area contributed by atoms with Gasteiger partial charge in [0.1, 0.15) is 12.1 Å². The molecule has 1 aromatic heterocycles. The van der Waals surface area contributed by atoms with Crippen LogP contribution >= 0.6 is 0 Å². The summed E-state index contributed by atoms with van der Waals surface area (Å²) in [7, 11) is 0. The summed E-state index contributed by atoms with van der Waals surface area (Å²) in [4.78, 5) is 7.78. The summed E-state index contributed by atoms with van der Waals surface area (Å²) in [5, 5.41) is 0. The van der Waals surface area contributed by atoms with Crippen molar-refractivity contribution in [1.82, 2.24) is 15.4 Å². The first-order valence-corrected chi connectivity index (χ1v) is 4.98. The fourth-order valence-corrected chi connectivity index (χ4v) is 1.62. The molecular formula is C11H12FN5. The van der Waals surface area contributed by atoms with E-state index >= 15 is 0 Å². The van der Waals surface area contributed by atoms with Crippen LogP contribution in [0.4, 0.5) is 10.1 Å². The molecule has 2 rings (SSSR count). The number of rotatable bonds is 3. The zero-order chi connectivity index (χ0) is 12.3. The minimum Gasteiger partial charge on any atom is -0.398 e. The molecule has 17 heavy (non-hydrogen) atoms. The zero-order valence-electron chi connectivity index (χ0n) is 8.97. The van der Waals surface area contributed by atoms with Crippen LogP contribution in [0.25, 0.3) is 0 Å². The number of halogens is 1. The molecule has 0 saturated carbocycles. The lowest BCUT2D eigenvalue weighted by atomic mass is 10.00. The Kier molecular flexibility index (Phi) is 3.27. The first-order valence-electron chi connectivity index (χ1n) is 4.98. The summed E-state index contributed by atoms with van der Waals surface area (Å²) < 4.78 is 13.2. The van der Waals surface area contributed by atoms with Crippen LogP contribution < -0.4 is 17.0 Å². The third-order valence-corrected chi connectivity index (χ3v) is 2.44. The summed E-state index contributed by atoms with van der Waals surface area (Å²) in [5.41, 5.74) is 10.1. The van der Waals surface area contributed by atoms with Gasteiger partial charge in [-0.2, -0.15) is 0 Å². The van der Waals surface area contributed by atoms with Crippen molar-refractivity contribution in [2.75, 3.05) is 5.73 Å².